The van der Waals surface area contributed by atoms with E-state index in [-0.39, 0.29) is 5.41 Å². The fourth-order valence-corrected chi connectivity index (χ4v) is 3.67. The van der Waals surface area contributed by atoms with Crippen LogP contribution in [0.25, 0.3) is 0 Å². The second-order valence-electron chi connectivity index (χ2n) is 5.43. The molecule has 0 spiro atoms. The van der Waals surface area contributed by atoms with Crippen LogP contribution in [0.1, 0.15) is 47.8 Å². The molecule has 1 aliphatic rings. The Morgan fingerprint density at radius 2 is 2.18 bits per heavy atom. The van der Waals surface area contributed by atoms with Crippen molar-refractivity contribution in [2.24, 2.45) is 17.1 Å². The second kappa shape index (κ2) is 4.91. The summed E-state index contributed by atoms with van der Waals surface area (Å²) >= 11 is 1.56. The Kier molecular flexibility index (Phi) is 3.69. The summed E-state index contributed by atoms with van der Waals surface area (Å²) in [6, 6.07) is 2.02. The molecular formula is C14H21NOS. The highest BCUT2D eigenvalue weighted by Crippen LogP contribution is 2.41. The third-order valence-corrected chi connectivity index (χ3v) is 5.19. The Balaban J connectivity index is 2.24. The van der Waals surface area contributed by atoms with E-state index in [1.807, 2.05) is 18.4 Å². The van der Waals surface area contributed by atoms with Gasteiger partial charge in [0.1, 0.15) is 0 Å². The van der Waals surface area contributed by atoms with Crippen molar-refractivity contribution in [2.75, 3.05) is 6.54 Å². The van der Waals surface area contributed by atoms with Crippen molar-refractivity contribution < 1.29 is 4.79 Å². The number of carbonyl (C=O) groups excluding carboxylic acids is 1. The Bertz CT molecular complexity index is 402. The van der Waals surface area contributed by atoms with Gasteiger partial charge in [0.25, 0.3) is 0 Å². The topological polar surface area (TPSA) is 43.1 Å². The van der Waals surface area contributed by atoms with E-state index in [0.717, 1.165) is 42.0 Å². The lowest BCUT2D eigenvalue weighted by molar-refractivity contribution is 0.0699. The zero-order valence-electron chi connectivity index (χ0n) is 10.7. The van der Waals surface area contributed by atoms with Crippen LogP contribution < -0.4 is 5.73 Å². The summed E-state index contributed by atoms with van der Waals surface area (Å²) in [5.41, 5.74) is 6.75. The van der Waals surface area contributed by atoms with E-state index < -0.39 is 0 Å². The third-order valence-electron chi connectivity index (χ3n) is 4.17. The minimum absolute atomic E-state index is 0.276. The van der Waals surface area contributed by atoms with E-state index in [4.69, 9.17) is 5.73 Å². The Morgan fingerprint density at radius 3 is 2.65 bits per heavy atom. The molecule has 2 rings (SSSR count). The number of aryl methyl sites for hydroxylation is 1. The summed E-state index contributed by atoms with van der Waals surface area (Å²) in [7, 11) is 0. The van der Waals surface area contributed by atoms with E-state index in [1.54, 1.807) is 11.3 Å². The van der Waals surface area contributed by atoms with Gasteiger partial charge in [-0.15, -0.1) is 11.3 Å². The number of nitrogens with two attached hydrogens (primary N) is 1. The normalized spacial score (nSPS) is 29.2. The average molecular weight is 251 g/mol. The molecule has 1 aromatic heterocycles. The fourth-order valence-electron chi connectivity index (χ4n) is 2.68. The van der Waals surface area contributed by atoms with Gasteiger partial charge in [0.2, 0.25) is 0 Å². The van der Waals surface area contributed by atoms with E-state index in [2.05, 4.69) is 6.92 Å². The summed E-state index contributed by atoms with van der Waals surface area (Å²) in [5.74, 6) is 1.03. The molecule has 1 aromatic rings. The number of hydrogen-bond acceptors (Lipinski definition) is 3. The molecule has 1 fully saturated rings. The molecular weight excluding hydrogens is 230 g/mol. The molecule has 1 aliphatic carbocycles. The number of thiophene rings is 1. The number of rotatable bonds is 3. The van der Waals surface area contributed by atoms with Gasteiger partial charge in [0.05, 0.1) is 4.88 Å². The van der Waals surface area contributed by atoms with Gasteiger partial charge in [-0.05, 0) is 55.5 Å². The standard InChI is InChI=1S/C14H21NOS/c1-10-3-6-14(9-15,7-4-10)13(16)12-11(2)5-8-17-12/h5,8,10H,3-4,6-7,9,15H2,1-2H3. The van der Waals surface area contributed by atoms with Gasteiger partial charge >= 0.3 is 0 Å². The van der Waals surface area contributed by atoms with Gasteiger partial charge in [0.15, 0.2) is 5.78 Å². The zero-order chi connectivity index (χ0) is 12.5. The minimum atomic E-state index is -0.276. The van der Waals surface area contributed by atoms with Crippen LogP contribution in [0.4, 0.5) is 0 Å². The van der Waals surface area contributed by atoms with Crippen molar-refractivity contribution in [1.82, 2.24) is 0 Å². The van der Waals surface area contributed by atoms with Crippen molar-refractivity contribution in [3.63, 3.8) is 0 Å². The number of ketones is 1. The lowest BCUT2D eigenvalue weighted by Crippen LogP contribution is -2.41. The first-order chi connectivity index (χ1) is 8.09. The molecule has 0 atom stereocenters. The van der Waals surface area contributed by atoms with Gasteiger partial charge in [-0.3, -0.25) is 4.79 Å². The molecule has 3 heteroatoms. The fraction of sp³-hybridized carbons (Fsp3) is 0.643. The maximum atomic E-state index is 12.7. The van der Waals surface area contributed by atoms with Gasteiger partial charge in [-0.2, -0.15) is 0 Å². The Morgan fingerprint density at radius 1 is 1.53 bits per heavy atom. The van der Waals surface area contributed by atoms with Crippen LogP contribution in [0.3, 0.4) is 0 Å². The molecule has 0 aliphatic heterocycles. The van der Waals surface area contributed by atoms with E-state index in [9.17, 15) is 4.79 Å². The molecule has 0 amide bonds. The van der Waals surface area contributed by atoms with Crippen molar-refractivity contribution in [2.45, 2.75) is 39.5 Å². The van der Waals surface area contributed by atoms with Crippen LogP contribution in [0.15, 0.2) is 11.4 Å². The lowest BCUT2D eigenvalue weighted by atomic mass is 9.68. The molecule has 94 valence electrons. The quantitative estimate of drug-likeness (QED) is 0.837. The molecule has 0 aromatic carbocycles. The summed E-state index contributed by atoms with van der Waals surface area (Å²) in [4.78, 5) is 13.6. The lowest BCUT2D eigenvalue weighted by Gasteiger charge is -2.37. The molecule has 2 N–H and O–H groups in total. The summed E-state index contributed by atoms with van der Waals surface area (Å²) < 4.78 is 0. The maximum Gasteiger partial charge on any atom is 0.180 e. The van der Waals surface area contributed by atoms with Crippen LogP contribution in [0, 0.1) is 18.3 Å². The summed E-state index contributed by atoms with van der Waals surface area (Å²) in [6.07, 6.45) is 4.18. The molecule has 0 bridgehead atoms. The third kappa shape index (κ3) is 2.31. The van der Waals surface area contributed by atoms with E-state index >= 15 is 0 Å². The maximum absolute atomic E-state index is 12.7. The first-order valence-electron chi connectivity index (χ1n) is 6.38. The first-order valence-corrected chi connectivity index (χ1v) is 7.26. The monoisotopic (exact) mass is 251 g/mol. The molecule has 0 unspecified atom stereocenters. The van der Waals surface area contributed by atoms with Gasteiger partial charge < -0.3 is 5.73 Å². The molecule has 17 heavy (non-hydrogen) atoms. The van der Waals surface area contributed by atoms with Gasteiger partial charge in [-0.1, -0.05) is 6.92 Å². The van der Waals surface area contributed by atoms with Crippen molar-refractivity contribution in [1.29, 1.82) is 0 Å². The number of hydrogen-bond donors (Lipinski definition) is 1. The highest BCUT2D eigenvalue weighted by Gasteiger charge is 2.40. The van der Waals surface area contributed by atoms with Crippen molar-refractivity contribution in [3.05, 3.63) is 21.9 Å². The molecule has 1 saturated carbocycles. The highest BCUT2D eigenvalue weighted by atomic mass is 32.1. The average Bonchev–Trinajstić information content (AvgIpc) is 2.76. The van der Waals surface area contributed by atoms with E-state index in [0.29, 0.717) is 12.3 Å². The van der Waals surface area contributed by atoms with Crippen LogP contribution in [-0.2, 0) is 0 Å². The van der Waals surface area contributed by atoms with Crippen LogP contribution in [0.5, 0.6) is 0 Å². The summed E-state index contributed by atoms with van der Waals surface area (Å²) in [6.45, 7) is 4.77. The van der Waals surface area contributed by atoms with Gasteiger partial charge in [-0.25, -0.2) is 0 Å². The highest BCUT2D eigenvalue weighted by molar-refractivity contribution is 7.12. The molecule has 0 radical (unpaired) electrons. The Labute approximate surface area is 107 Å². The Hall–Kier alpha value is -0.670. The molecule has 1 heterocycles. The SMILES string of the molecule is Cc1ccsc1C(=O)C1(CN)CCC(C)CC1. The van der Waals surface area contributed by atoms with Crippen LogP contribution in [0.2, 0.25) is 0 Å². The zero-order valence-corrected chi connectivity index (χ0v) is 11.5. The predicted molar refractivity (Wildman–Crippen MR) is 72.5 cm³/mol. The smallest absolute Gasteiger partial charge is 0.180 e. The van der Waals surface area contributed by atoms with Crippen molar-refractivity contribution in [3.8, 4) is 0 Å². The van der Waals surface area contributed by atoms with Crippen molar-refractivity contribution >= 4 is 17.1 Å². The second-order valence-corrected chi connectivity index (χ2v) is 6.34. The summed E-state index contributed by atoms with van der Waals surface area (Å²) in [5, 5.41) is 2.00. The predicted octanol–water partition coefficient (Wildman–Crippen LogP) is 3.39. The minimum Gasteiger partial charge on any atom is -0.329 e. The number of Topliss-reactive ketones (excluding diaryl/α,β-unsaturated/α-hetero) is 1. The van der Waals surface area contributed by atoms with Crippen LogP contribution >= 0.6 is 11.3 Å². The van der Waals surface area contributed by atoms with Crippen LogP contribution in [-0.4, -0.2) is 12.3 Å². The molecule has 0 saturated heterocycles. The number of carbonyl (C=O) groups is 1. The van der Waals surface area contributed by atoms with Gasteiger partial charge in [0, 0.05) is 12.0 Å². The van der Waals surface area contributed by atoms with E-state index in [1.165, 1.54) is 0 Å². The first kappa shape index (κ1) is 12.8. The largest absolute Gasteiger partial charge is 0.329 e. The molecule has 2 nitrogen and oxygen atoms in total.